The van der Waals surface area contributed by atoms with Crippen molar-refractivity contribution in [3.63, 3.8) is 0 Å². The van der Waals surface area contributed by atoms with Crippen molar-refractivity contribution in [1.29, 1.82) is 0 Å². The fourth-order valence-electron chi connectivity index (χ4n) is 0.845. The summed E-state index contributed by atoms with van der Waals surface area (Å²) in [5.74, 6) is 0. The molecule has 15 heavy (non-hydrogen) atoms. The molecule has 7 heteroatoms. The van der Waals surface area contributed by atoms with Crippen LogP contribution in [-0.4, -0.2) is 4.21 Å². The van der Waals surface area contributed by atoms with Gasteiger partial charge in [-0.15, -0.1) is 0 Å². The molecule has 1 aromatic carbocycles. The van der Waals surface area contributed by atoms with Gasteiger partial charge < -0.3 is 0 Å². The Kier molecular flexibility index (Phi) is 4.78. The minimum Gasteiger partial charge on any atom is -0.250 e. The van der Waals surface area contributed by atoms with Crippen molar-refractivity contribution < 1.29 is 4.21 Å². The van der Waals surface area contributed by atoms with E-state index in [4.69, 9.17) is 58.0 Å². The maximum absolute atomic E-state index is 11.5. The quantitative estimate of drug-likeness (QED) is 0.539. The van der Waals surface area contributed by atoms with Gasteiger partial charge in [0.25, 0.3) is 0 Å². The van der Waals surface area contributed by atoms with Crippen LogP contribution in [0.2, 0.25) is 25.1 Å². The first-order valence-corrected chi connectivity index (χ1v) is 6.56. The molecule has 0 N–H and O–H groups in total. The fraction of sp³-hybridized carbons (Fsp3) is 0. The van der Waals surface area contributed by atoms with Crippen LogP contribution in [0.4, 0.5) is 0 Å². The van der Waals surface area contributed by atoms with E-state index in [2.05, 4.69) is 6.58 Å². The smallest absolute Gasteiger partial charge is 0.0835 e. The zero-order valence-electron chi connectivity index (χ0n) is 6.99. The fourth-order valence-corrected chi connectivity index (χ4v) is 3.28. The van der Waals surface area contributed by atoms with E-state index in [1.807, 2.05) is 0 Å². The van der Waals surface area contributed by atoms with Crippen LogP contribution < -0.4 is 0 Å². The summed E-state index contributed by atoms with van der Waals surface area (Å²) in [5.41, 5.74) is 0. The molecule has 0 spiro atoms. The third-order valence-corrected chi connectivity index (χ3v) is 5.14. The van der Waals surface area contributed by atoms with Crippen molar-refractivity contribution in [2.75, 3.05) is 0 Å². The minimum absolute atomic E-state index is 0.0225. The Morgan fingerprint density at radius 2 is 1.20 bits per heavy atom. The number of benzene rings is 1. The van der Waals surface area contributed by atoms with Gasteiger partial charge >= 0.3 is 0 Å². The van der Waals surface area contributed by atoms with Crippen LogP contribution >= 0.6 is 58.0 Å². The lowest BCUT2D eigenvalue weighted by atomic mass is 10.3. The summed E-state index contributed by atoms with van der Waals surface area (Å²) in [6, 6.07) is 0. The molecule has 0 aliphatic rings. The van der Waals surface area contributed by atoms with Gasteiger partial charge in [0.15, 0.2) is 0 Å². The van der Waals surface area contributed by atoms with Gasteiger partial charge in [-0.3, -0.25) is 0 Å². The summed E-state index contributed by atoms with van der Waals surface area (Å²) in [5, 5.41) is 1.31. The van der Waals surface area contributed by atoms with E-state index in [0.29, 0.717) is 0 Å². The highest BCUT2D eigenvalue weighted by molar-refractivity contribution is 7.88. The third kappa shape index (κ3) is 2.46. The molecule has 0 saturated carbocycles. The molecule has 0 bridgehead atoms. The Bertz CT molecular complexity index is 428. The summed E-state index contributed by atoms with van der Waals surface area (Å²) in [7, 11) is -1.57. The average Bonchev–Trinajstić information content (AvgIpc) is 2.23. The molecule has 1 unspecified atom stereocenters. The number of hydrogen-bond acceptors (Lipinski definition) is 1. The van der Waals surface area contributed by atoms with Gasteiger partial charge in [0.1, 0.15) is 0 Å². The Labute approximate surface area is 114 Å². The molecule has 1 atom stereocenters. The topological polar surface area (TPSA) is 17.1 Å². The van der Waals surface area contributed by atoms with E-state index < -0.39 is 10.8 Å². The molecular weight excluding hydrogens is 321 g/mol. The molecule has 0 amide bonds. The highest BCUT2D eigenvalue weighted by Gasteiger charge is 2.21. The first-order valence-electron chi connectivity index (χ1n) is 3.46. The van der Waals surface area contributed by atoms with Gasteiger partial charge in [-0.05, 0) is 0 Å². The summed E-state index contributed by atoms with van der Waals surface area (Å²) in [6.45, 7) is 3.36. The second-order valence-corrected chi connectivity index (χ2v) is 5.59. The summed E-state index contributed by atoms with van der Waals surface area (Å²) in [6.07, 6.45) is 0. The lowest BCUT2D eigenvalue weighted by Crippen LogP contribution is -1.92. The van der Waals surface area contributed by atoms with Gasteiger partial charge in [0.2, 0.25) is 0 Å². The lowest BCUT2D eigenvalue weighted by Gasteiger charge is -2.09. The van der Waals surface area contributed by atoms with Crippen LogP contribution in [0.25, 0.3) is 0 Å². The van der Waals surface area contributed by atoms with Crippen LogP contribution in [0.1, 0.15) is 0 Å². The van der Waals surface area contributed by atoms with Crippen LogP contribution in [-0.2, 0) is 10.8 Å². The molecule has 0 radical (unpaired) electrons. The Balaban J connectivity index is 3.67. The monoisotopic (exact) mass is 322 g/mol. The van der Waals surface area contributed by atoms with Gasteiger partial charge in [0, 0.05) is 5.41 Å². The molecule has 0 fully saturated rings. The normalized spacial score (nSPS) is 12.6. The van der Waals surface area contributed by atoms with E-state index in [1.54, 1.807) is 0 Å². The highest BCUT2D eigenvalue weighted by Crippen LogP contribution is 2.45. The van der Waals surface area contributed by atoms with Crippen molar-refractivity contribution in [3.05, 3.63) is 37.1 Å². The summed E-state index contributed by atoms with van der Waals surface area (Å²) in [4.78, 5) is 0.118. The lowest BCUT2D eigenvalue weighted by molar-refractivity contribution is 0.688. The maximum Gasteiger partial charge on any atom is 0.0835 e. The second-order valence-electron chi connectivity index (χ2n) is 2.36. The number of halogens is 5. The van der Waals surface area contributed by atoms with Crippen LogP contribution in [0.3, 0.4) is 0 Å². The molecular formula is C8H3Cl5OS. The summed E-state index contributed by atoms with van der Waals surface area (Å²) >= 11 is 29.0. The van der Waals surface area contributed by atoms with Crippen LogP contribution in [0.15, 0.2) is 16.9 Å². The largest absolute Gasteiger partial charge is 0.250 e. The van der Waals surface area contributed by atoms with Crippen LogP contribution in [0.5, 0.6) is 0 Å². The number of rotatable bonds is 2. The predicted molar refractivity (Wildman–Crippen MR) is 68.1 cm³/mol. The Morgan fingerprint density at radius 1 is 0.867 bits per heavy atom. The maximum atomic E-state index is 11.5. The van der Waals surface area contributed by atoms with E-state index in [-0.39, 0.29) is 30.0 Å². The molecule has 0 saturated heterocycles. The molecule has 0 aliphatic carbocycles. The minimum atomic E-state index is -1.57. The van der Waals surface area contributed by atoms with Crippen molar-refractivity contribution >= 4 is 68.8 Å². The van der Waals surface area contributed by atoms with Gasteiger partial charge in [0.05, 0.1) is 40.8 Å². The molecule has 82 valence electrons. The SMILES string of the molecule is C=CS(=O)c1c(Cl)c(Cl)c(Cl)c(Cl)c1Cl. The van der Waals surface area contributed by atoms with E-state index >= 15 is 0 Å². The zero-order valence-corrected chi connectivity index (χ0v) is 11.6. The zero-order chi connectivity index (χ0) is 11.7. The first-order chi connectivity index (χ1) is 6.91. The highest BCUT2D eigenvalue weighted by atomic mass is 35.5. The molecule has 0 aliphatic heterocycles. The van der Waals surface area contributed by atoms with Crippen molar-refractivity contribution in [2.24, 2.45) is 0 Å². The second kappa shape index (κ2) is 5.26. The molecule has 0 aromatic heterocycles. The predicted octanol–water partition coefficient (Wildman–Crippen LogP) is 5.20. The van der Waals surface area contributed by atoms with Crippen LogP contribution in [0, 0.1) is 0 Å². The van der Waals surface area contributed by atoms with E-state index in [9.17, 15) is 4.21 Å². The van der Waals surface area contributed by atoms with E-state index in [1.165, 1.54) is 5.41 Å². The van der Waals surface area contributed by atoms with Crippen molar-refractivity contribution in [3.8, 4) is 0 Å². The summed E-state index contributed by atoms with van der Waals surface area (Å²) < 4.78 is 11.5. The standard InChI is InChI=1S/C8H3Cl5OS/c1-2-15(14)8-6(12)4(10)3(9)5(11)7(8)13/h2H,1H2. The Hall–Kier alpha value is 0.560. The number of hydrogen-bond donors (Lipinski definition) is 0. The molecule has 0 heterocycles. The molecule has 1 nitrogen and oxygen atoms in total. The first kappa shape index (κ1) is 13.6. The Morgan fingerprint density at radius 3 is 1.53 bits per heavy atom. The molecule has 1 aromatic rings. The third-order valence-electron chi connectivity index (χ3n) is 1.52. The molecule has 1 rings (SSSR count). The van der Waals surface area contributed by atoms with Gasteiger partial charge in [-0.25, -0.2) is 4.21 Å². The van der Waals surface area contributed by atoms with E-state index in [0.717, 1.165) is 0 Å². The van der Waals surface area contributed by atoms with Crippen molar-refractivity contribution in [2.45, 2.75) is 4.90 Å². The van der Waals surface area contributed by atoms with Crippen molar-refractivity contribution in [1.82, 2.24) is 0 Å². The van der Waals surface area contributed by atoms with Gasteiger partial charge in [-0.1, -0.05) is 64.6 Å². The van der Waals surface area contributed by atoms with Gasteiger partial charge in [-0.2, -0.15) is 0 Å². The average molecular weight is 324 g/mol.